The van der Waals surface area contributed by atoms with E-state index in [1.54, 1.807) is 0 Å². The Morgan fingerprint density at radius 2 is 1.88 bits per heavy atom. The molecule has 2 heterocycles. The average Bonchev–Trinajstić information content (AvgIpc) is 3.43. The summed E-state index contributed by atoms with van der Waals surface area (Å²) in [5, 5.41) is 3.60. The predicted molar refractivity (Wildman–Crippen MR) is 112 cm³/mol. The summed E-state index contributed by atoms with van der Waals surface area (Å²) in [4.78, 5) is 16.1. The van der Waals surface area contributed by atoms with Crippen LogP contribution in [-0.4, -0.2) is 51.9 Å². The van der Waals surface area contributed by atoms with E-state index < -0.39 is 35.3 Å². The smallest absolute Gasteiger partial charge is 0.406 e. The molecule has 0 aliphatic carbocycles. The molecule has 0 radical (unpaired) electrons. The number of aromatic nitrogens is 2. The normalized spacial score (nSPS) is 16.6. The number of halogens is 5. The van der Waals surface area contributed by atoms with Crippen molar-refractivity contribution in [1.82, 2.24) is 19.6 Å². The quantitative estimate of drug-likeness (QED) is 0.489. The van der Waals surface area contributed by atoms with E-state index in [4.69, 9.17) is 4.74 Å². The van der Waals surface area contributed by atoms with Gasteiger partial charge in [0.05, 0.1) is 11.9 Å². The fraction of sp³-hybridized carbons (Fsp3) is 0.304. The van der Waals surface area contributed by atoms with Crippen LogP contribution in [0, 0.1) is 11.6 Å². The SMILES string of the molecule is CN(C(=O)Oc1cnn(-c2ccc(F)c(F)c2)c1C(F)(F)F)C1CCN(Cc2ccccc2)C1. The fourth-order valence-electron chi connectivity index (χ4n) is 3.91. The monoisotopic (exact) mass is 480 g/mol. The van der Waals surface area contributed by atoms with Crippen LogP contribution in [-0.2, 0) is 12.7 Å². The van der Waals surface area contributed by atoms with Gasteiger partial charge in [0.25, 0.3) is 0 Å². The fourth-order valence-corrected chi connectivity index (χ4v) is 3.91. The predicted octanol–water partition coefficient (Wildman–Crippen LogP) is 4.87. The molecule has 0 spiro atoms. The van der Waals surface area contributed by atoms with Crippen molar-refractivity contribution in [2.45, 2.75) is 25.2 Å². The number of carbonyl (C=O) groups excluding carboxylic acids is 1. The molecule has 11 heteroatoms. The summed E-state index contributed by atoms with van der Waals surface area (Å²) in [6, 6.07) is 11.7. The Hall–Kier alpha value is -3.47. The first kappa shape index (κ1) is 23.7. The zero-order valence-electron chi connectivity index (χ0n) is 18.1. The highest BCUT2D eigenvalue weighted by molar-refractivity contribution is 5.71. The van der Waals surface area contributed by atoms with Crippen LogP contribution in [0.15, 0.2) is 54.7 Å². The molecule has 1 aliphatic rings. The van der Waals surface area contributed by atoms with Crippen LogP contribution in [0.5, 0.6) is 5.75 Å². The molecule has 180 valence electrons. The van der Waals surface area contributed by atoms with Gasteiger partial charge in [-0.15, -0.1) is 0 Å². The van der Waals surface area contributed by atoms with E-state index in [0.29, 0.717) is 36.3 Å². The Morgan fingerprint density at radius 3 is 2.56 bits per heavy atom. The van der Waals surface area contributed by atoms with Gasteiger partial charge in [0.2, 0.25) is 0 Å². The maximum atomic E-state index is 13.8. The second kappa shape index (κ2) is 9.41. The summed E-state index contributed by atoms with van der Waals surface area (Å²) < 4.78 is 73.5. The Balaban J connectivity index is 1.48. The van der Waals surface area contributed by atoms with Crippen molar-refractivity contribution >= 4 is 6.09 Å². The second-order valence-corrected chi connectivity index (χ2v) is 8.01. The summed E-state index contributed by atoms with van der Waals surface area (Å²) >= 11 is 0. The lowest BCUT2D eigenvalue weighted by molar-refractivity contribution is -0.143. The molecule has 4 rings (SSSR count). The number of likely N-dealkylation sites (tertiary alicyclic amines) is 1. The van der Waals surface area contributed by atoms with Crippen LogP contribution < -0.4 is 4.74 Å². The van der Waals surface area contributed by atoms with Gasteiger partial charge in [-0.1, -0.05) is 30.3 Å². The first-order chi connectivity index (χ1) is 16.1. The van der Waals surface area contributed by atoms with E-state index >= 15 is 0 Å². The van der Waals surface area contributed by atoms with Crippen molar-refractivity contribution in [2.75, 3.05) is 20.1 Å². The maximum absolute atomic E-state index is 13.8. The number of ether oxygens (including phenoxy) is 1. The van der Waals surface area contributed by atoms with Gasteiger partial charge >= 0.3 is 12.3 Å². The third kappa shape index (κ3) is 5.04. The molecular formula is C23H21F5N4O2. The zero-order valence-corrected chi connectivity index (χ0v) is 18.1. The summed E-state index contributed by atoms with van der Waals surface area (Å²) in [6.45, 7) is 1.96. The highest BCUT2D eigenvalue weighted by Gasteiger charge is 2.41. The largest absolute Gasteiger partial charge is 0.437 e. The van der Waals surface area contributed by atoms with Crippen LogP contribution in [0.4, 0.5) is 26.7 Å². The summed E-state index contributed by atoms with van der Waals surface area (Å²) in [5.74, 6) is -3.37. The molecule has 2 aromatic carbocycles. The lowest BCUT2D eigenvalue weighted by Gasteiger charge is -2.24. The highest BCUT2D eigenvalue weighted by Crippen LogP contribution is 2.38. The molecule has 1 saturated heterocycles. The molecule has 1 aliphatic heterocycles. The number of likely N-dealkylation sites (N-methyl/N-ethyl adjacent to an activating group) is 1. The Labute approximate surface area is 192 Å². The molecule has 0 saturated carbocycles. The molecule has 3 aromatic rings. The van der Waals surface area contributed by atoms with Gasteiger partial charge in [-0.3, -0.25) is 4.90 Å². The number of amides is 1. The van der Waals surface area contributed by atoms with Crippen molar-refractivity contribution in [3.63, 3.8) is 0 Å². The highest BCUT2D eigenvalue weighted by atomic mass is 19.4. The van der Waals surface area contributed by atoms with Crippen molar-refractivity contribution < 1.29 is 31.5 Å². The average molecular weight is 480 g/mol. The third-order valence-corrected chi connectivity index (χ3v) is 5.68. The van der Waals surface area contributed by atoms with Gasteiger partial charge in [0, 0.05) is 38.8 Å². The molecular weight excluding hydrogens is 459 g/mol. The molecule has 6 nitrogen and oxygen atoms in total. The summed E-state index contributed by atoms with van der Waals surface area (Å²) in [6.07, 6.45) is -4.58. The van der Waals surface area contributed by atoms with Gasteiger partial charge in [-0.2, -0.15) is 18.3 Å². The first-order valence-corrected chi connectivity index (χ1v) is 10.4. The van der Waals surface area contributed by atoms with Crippen LogP contribution in [0.3, 0.4) is 0 Å². The van der Waals surface area contributed by atoms with Crippen LogP contribution in [0.25, 0.3) is 5.69 Å². The molecule has 0 bridgehead atoms. The standard InChI is InChI=1S/C23H21F5N4O2/c1-30(17-9-10-31(14-17)13-15-5-3-2-4-6-15)22(33)34-20-12-29-32(21(20)23(26,27)28)16-7-8-18(24)19(25)11-16/h2-8,11-12,17H,9-10,13-14H2,1H3. The second-order valence-electron chi connectivity index (χ2n) is 8.01. The number of alkyl halides is 3. The molecule has 34 heavy (non-hydrogen) atoms. The molecule has 1 amide bonds. The topological polar surface area (TPSA) is 50.6 Å². The van der Waals surface area contributed by atoms with E-state index in [0.717, 1.165) is 24.4 Å². The number of hydrogen-bond donors (Lipinski definition) is 0. The number of hydrogen-bond acceptors (Lipinski definition) is 4. The van der Waals surface area contributed by atoms with Gasteiger partial charge in [0.15, 0.2) is 23.1 Å². The van der Waals surface area contributed by atoms with E-state index in [1.165, 1.54) is 11.9 Å². The lowest BCUT2D eigenvalue weighted by Crippen LogP contribution is -2.40. The summed E-state index contributed by atoms with van der Waals surface area (Å²) in [5.41, 5.74) is -0.653. The summed E-state index contributed by atoms with van der Waals surface area (Å²) in [7, 11) is 1.46. The van der Waals surface area contributed by atoms with Crippen molar-refractivity contribution in [2.24, 2.45) is 0 Å². The van der Waals surface area contributed by atoms with E-state index in [1.807, 2.05) is 30.3 Å². The Morgan fingerprint density at radius 1 is 1.15 bits per heavy atom. The Bertz CT molecular complexity index is 1170. The van der Waals surface area contributed by atoms with Crippen molar-refractivity contribution in [3.8, 4) is 11.4 Å². The van der Waals surface area contributed by atoms with Gasteiger partial charge in [0.1, 0.15) is 0 Å². The van der Waals surface area contributed by atoms with Gasteiger partial charge < -0.3 is 9.64 Å². The van der Waals surface area contributed by atoms with E-state index in [9.17, 15) is 26.7 Å². The van der Waals surface area contributed by atoms with Crippen LogP contribution in [0.1, 0.15) is 17.7 Å². The first-order valence-electron chi connectivity index (χ1n) is 10.4. The molecule has 1 aromatic heterocycles. The molecule has 0 N–H and O–H groups in total. The third-order valence-electron chi connectivity index (χ3n) is 5.68. The number of carbonyl (C=O) groups is 1. The van der Waals surface area contributed by atoms with Crippen LogP contribution in [0.2, 0.25) is 0 Å². The maximum Gasteiger partial charge on any atom is 0.437 e. The number of benzene rings is 2. The number of nitrogens with zero attached hydrogens (tertiary/aromatic N) is 4. The minimum atomic E-state index is -4.98. The minimum absolute atomic E-state index is 0.244. The molecule has 1 atom stereocenters. The number of rotatable bonds is 5. The van der Waals surface area contributed by atoms with Gasteiger partial charge in [-0.05, 0) is 24.1 Å². The lowest BCUT2D eigenvalue weighted by atomic mass is 10.2. The molecule has 1 unspecified atom stereocenters. The molecule has 1 fully saturated rings. The zero-order chi connectivity index (χ0) is 24.5. The van der Waals surface area contributed by atoms with Gasteiger partial charge in [-0.25, -0.2) is 18.3 Å². The Kier molecular flexibility index (Phi) is 6.56. The van der Waals surface area contributed by atoms with E-state index in [2.05, 4.69) is 10.00 Å². The van der Waals surface area contributed by atoms with Crippen molar-refractivity contribution in [1.29, 1.82) is 0 Å². The van der Waals surface area contributed by atoms with Crippen LogP contribution >= 0.6 is 0 Å². The van der Waals surface area contributed by atoms with E-state index in [-0.39, 0.29) is 11.7 Å². The minimum Gasteiger partial charge on any atom is -0.406 e. The van der Waals surface area contributed by atoms with Crippen molar-refractivity contribution in [3.05, 3.63) is 77.6 Å².